The number of ether oxygens (including phenoxy) is 1. The molecule has 2 aromatic rings. The minimum Gasteiger partial charge on any atom is -0.481 e. The first-order valence-electron chi connectivity index (χ1n) is 8.28. The Hall–Kier alpha value is -2.52. The van der Waals surface area contributed by atoms with Crippen LogP contribution < -0.4 is 14.8 Å². The standard InChI is InChI=1S/C18H22FN3O4S/c1-12(2)17(22-27(24,25)15-7-5-4-6-14(15)19)18(23)21-11-13-8-9-20-16(10-13)26-3/h4-10,12,17,22H,11H2,1-3H3,(H,21,23)/t17-/m0/s1. The van der Waals surface area contributed by atoms with Crippen LogP contribution in [0.1, 0.15) is 19.4 Å². The molecule has 0 bridgehead atoms. The Morgan fingerprint density at radius 2 is 1.96 bits per heavy atom. The molecule has 9 heteroatoms. The molecule has 0 spiro atoms. The lowest BCUT2D eigenvalue weighted by Gasteiger charge is -2.22. The smallest absolute Gasteiger partial charge is 0.244 e. The number of pyridine rings is 1. The molecule has 1 aromatic heterocycles. The topological polar surface area (TPSA) is 97.4 Å². The maximum atomic E-state index is 13.8. The van der Waals surface area contributed by atoms with Gasteiger partial charge in [0.15, 0.2) is 0 Å². The quantitative estimate of drug-likeness (QED) is 0.711. The van der Waals surface area contributed by atoms with Crippen molar-refractivity contribution < 1.29 is 22.3 Å². The van der Waals surface area contributed by atoms with Crippen LogP contribution in [0.3, 0.4) is 0 Å². The van der Waals surface area contributed by atoms with Gasteiger partial charge in [0.2, 0.25) is 21.8 Å². The molecule has 7 nitrogen and oxygen atoms in total. The van der Waals surface area contributed by atoms with Crippen molar-refractivity contribution in [3.05, 3.63) is 54.0 Å². The van der Waals surface area contributed by atoms with Gasteiger partial charge in [-0.05, 0) is 29.7 Å². The molecule has 0 saturated carbocycles. The summed E-state index contributed by atoms with van der Waals surface area (Å²) in [6, 6.07) is 7.32. The third-order valence-corrected chi connectivity index (χ3v) is 5.31. The Bertz CT molecular complexity index is 903. The fourth-order valence-corrected chi connectivity index (χ4v) is 3.78. The van der Waals surface area contributed by atoms with E-state index in [0.717, 1.165) is 17.7 Å². The predicted molar refractivity (Wildman–Crippen MR) is 98.0 cm³/mol. The predicted octanol–water partition coefficient (Wildman–Crippen LogP) is 1.85. The van der Waals surface area contributed by atoms with Crippen molar-refractivity contribution in [1.82, 2.24) is 15.0 Å². The Morgan fingerprint density at radius 1 is 1.26 bits per heavy atom. The van der Waals surface area contributed by atoms with Gasteiger partial charge in [0.05, 0.1) is 7.11 Å². The van der Waals surface area contributed by atoms with E-state index in [1.807, 2.05) is 0 Å². The third kappa shape index (κ3) is 5.48. The van der Waals surface area contributed by atoms with Crippen LogP contribution in [0.2, 0.25) is 0 Å². The molecule has 0 saturated heterocycles. The van der Waals surface area contributed by atoms with Crippen LogP contribution >= 0.6 is 0 Å². The lowest BCUT2D eigenvalue weighted by molar-refractivity contribution is -0.123. The van der Waals surface area contributed by atoms with E-state index in [1.54, 1.807) is 32.2 Å². The first kappa shape index (κ1) is 20.8. The van der Waals surface area contributed by atoms with Gasteiger partial charge >= 0.3 is 0 Å². The zero-order valence-electron chi connectivity index (χ0n) is 15.3. The van der Waals surface area contributed by atoms with E-state index in [9.17, 15) is 17.6 Å². The lowest BCUT2D eigenvalue weighted by Crippen LogP contribution is -2.49. The van der Waals surface area contributed by atoms with Crippen molar-refractivity contribution in [3.8, 4) is 5.88 Å². The van der Waals surface area contributed by atoms with E-state index in [1.165, 1.54) is 19.2 Å². The zero-order valence-corrected chi connectivity index (χ0v) is 16.1. The average molecular weight is 395 g/mol. The highest BCUT2D eigenvalue weighted by molar-refractivity contribution is 7.89. The molecular weight excluding hydrogens is 373 g/mol. The fraction of sp³-hybridized carbons (Fsp3) is 0.333. The molecule has 1 amide bonds. The van der Waals surface area contributed by atoms with Crippen molar-refractivity contribution in [2.45, 2.75) is 31.3 Å². The van der Waals surface area contributed by atoms with Crippen molar-refractivity contribution in [2.24, 2.45) is 5.92 Å². The van der Waals surface area contributed by atoms with Gasteiger partial charge in [-0.3, -0.25) is 4.79 Å². The molecule has 1 heterocycles. The van der Waals surface area contributed by atoms with E-state index in [-0.39, 0.29) is 12.5 Å². The summed E-state index contributed by atoms with van der Waals surface area (Å²) in [5, 5.41) is 2.68. The fourth-order valence-electron chi connectivity index (χ4n) is 2.36. The number of hydrogen-bond donors (Lipinski definition) is 2. The molecule has 1 aromatic carbocycles. The second kappa shape index (κ2) is 8.92. The van der Waals surface area contributed by atoms with E-state index < -0.39 is 32.7 Å². The highest BCUT2D eigenvalue weighted by Crippen LogP contribution is 2.16. The Balaban J connectivity index is 2.12. The molecule has 1 atom stereocenters. The number of sulfonamides is 1. The van der Waals surface area contributed by atoms with Crippen LogP contribution in [0.15, 0.2) is 47.5 Å². The van der Waals surface area contributed by atoms with Crippen LogP contribution in [0, 0.1) is 11.7 Å². The van der Waals surface area contributed by atoms with Gasteiger partial charge in [0, 0.05) is 18.8 Å². The summed E-state index contributed by atoms with van der Waals surface area (Å²) in [5.41, 5.74) is 0.745. The van der Waals surface area contributed by atoms with Crippen LogP contribution in [0.4, 0.5) is 4.39 Å². The number of carbonyl (C=O) groups is 1. The van der Waals surface area contributed by atoms with Crippen molar-refractivity contribution in [3.63, 3.8) is 0 Å². The van der Waals surface area contributed by atoms with Crippen LogP contribution in [0.5, 0.6) is 5.88 Å². The molecule has 2 N–H and O–H groups in total. The molecule has 146 valence electrons. The second-order valence-corrected chi connectivity index (χ2v) is 7.88. The molecule has 0 radical (unpaired) electrons. The van der Waals surface area contributed by atoms with Crippen molar-refractivity contribution in [1.29, 1.82) is 0 Å². The number of carbonyl (C=O) groups excluding carboxylic acids is 1. The number of methoxy groups -OCH3 is 1. The number of amides is 1. The highest BCUT2D eigenvalue weighted by atomic mass is 32.2. The normalized spacial score (nSPS) is 12.6. The molecule has 0 aliphatic heterocycles. The number of aromatic nitrogens is 1. The van der Waals surface area contributed by atoms with Crippen molar-refractivity contribution >= 4 is 15.9 Å². The summed E-state index contributed by atoms with van der Waals surface area (Å²) in [5.74, 6) is -1.33. The average Bonchev–Trinajstić information content (AvgIpc) is 2.64. The minimum atomic E-state index is -4.19. The summed E-state index contributed by atoms with van der Waals surface area (Å²) in [7, 11) is -2.71. The van der Waals surface area contributed by atoms with E-state index in [0.29, 0.717) is 5.88 Å². The highest BCUT2D eigenvalue weighted by Gasteiger charge is 2.29. The zero-order chi connectivity index (χ0) is 20.0. The summed E-state index contributed by atoms with van der Waals surface area (Å²) in [6.07, 6.45) is 1.54. The molecule has 2 rings (SSSR count). The number of rotatable bonds is 8. The number of halogens is 1. The summed E-state index contributed by atoms with van der Waals surface area (Å²) >= 11 is 0. The van der Waals surface area contributed by atoms with Gasteiger partial charge in [-0.2, -0.15) is 4.72 Å². The maximum absolute atomic E-state index is 13.8. The summed E-state index contributed by atoms with van der Waals surface area (Å²) < 4.78 is 46.1. The lowest BCUT2D eigenvalue weighted by atomic mass is 10.0. The Morgan fingerprint density at radius 3 is 2.59 bits per heavy atom. The summed E-state index contributed by atoms with van der Waals surface area (Å²) in [6.45, 7) is 3.57. The van der Waals surface area contributed by atoms with Gasteiger partial charge in [0.1, 0.15) is 16.8 Å². The number of hydrogen-bond acceptors (Lipinski definition) is 5. The number of benzene rings is 1. The van der Waals surface area contributed by atoms with Gasteiger partial charge in [-0.25, -0.2) is 17.8 Å². The molecule has 0 aliphatic carbocycles. The Kier molecular flexibility index (Phi) is 6.86. The molecular formula is C18H22FN3O4S. The first-order valence-corrected chi connectivity index (χ1v) is 9.76. The Labute approximate surface area is 158 Å². The van der Waals surface area contributed by atoms with Gasteiger partial charge < -0.3 is 10.1 Å². The summed E-state index contributed by atoms with van der Waals surface area (Å²) in [4.78, 5) is 16.0. The monoisotopic (exact) mass is 395 g/mol. The minimum absolute atomic E-state index is 0.169. The van der Waals surface area contributed by atoms with Crippen LogP contribution in [0.25, 0.3) is 0 Å². The van der Waals surface area contributed by atoms with Gasteiger partial charge in [-0.1, -0.05) is 26.0 Å². The first-order chi connectivity index (χ1) is 12.7. The third-order valence-electron chi connectivity index (χ3n) is 3.83. The van der Waals surface area contributed by atoms with E-state index in [4.69, 9.17) is 4.74 Å². The molecule has 0 aliphatic rings. The van der Waals surface area contributed by atoms with Crippen molar-refractivity contribution in [2.75, 3.05) is 7.11 Å². The largest absolute Gasteiger partial charge is 0.481 e. The molecule has 0 unspecified atom stereocenters. The van der Waals surface area contributed by atoms with E-state index >= 15 is 0 Å². The molecule has 0 fully saturated rings. The van der Waals surface area contributed by atoms with E-state index in [2.05, 4.69) is 15.0 Å². The molecule has 27 heavy (non-hydrogen) atoms. The van der Waals surface area contributed by atoms with Gasteiger partial charge in [-0.15, -0.1) is 0 Å². The van der Waals surface area contributed by atoms with Gasteiger partial charge in [0.25, 0.3) is 0 Å². The number of nitrogens with zero attached hydrogens (tertiary/aromatic N) is 1. The SMILES string of the molecule is COc1cc(CNC(=O)[C@@H](NS(=O)(=O)c2ccccc2F)C(C)C)ccn1. The van der Waals surface area contributed by atoms with Crippen LogP contribution in [-0.2, 0) is 21.4 Å². The second-order valence-electron chi connectivity index (χ2n) is 6.20. The maximum Gasteiger partial charge on any atom is 0.244 e. The van der Waals surface area contributed by atoms with Crippen LogP contribution in [-0.4, -0.2) is 32.5 Å². The number of nitrogens with one attached hydrogen (secondary N) is 2.